The molecule has 0 unspecified atom stereocenters. The Morgan fingerprint density at radius 3 is 2.31 bits per heavy atom. The molecule has 6 nitrogen and oxygen atoms in total. The highest BCUT2D eigenvalue weighted by Crippen LogP contribution is 2.31. The lowest BCUT2D eigenvalue weighted by atomic mass is 9.76. The van der Waals surface area contributed by atoms with Crippen LogP contribution in [0, 0.1) is 0 Å². The van der Waals surface area contributed by atoms with Crippen LogP contribution < -0.4 is 10.6 Å². The van der Waals surface area contributed by atoms with Crippen LogP contribution in [-0.2, 0) is 14.4 Å². The minimum absolute atomic E-state index is 0.106. The van der Waals surface area contributed by atoms with Crippen LogP contribution in [0.1, 0.15) is 32.6 Å². The first kappa shape index (κ1) is 12.5. The van der Waals surface area contributed by atoms with Gasteiger partial charge in [-0.05, 0) is 19.3 Å². The van der Waals surface area contributed by atoms with Crippen molar-refractivity contribution in [2.75, 3.05) is 6.54 Å². The van der Waals surface area contributed by atoms with Crippen molar-refractivity contribution >= 4 is 17.8 Å². The summed E-state index contributed by atoms with van der Waals surface area (Å²) in [6, 6.07) is 0. The van der Waals surface area contributed by atoms with Gasteiger partial charge in [0.15, 0.2) is 0 Å². The van der Waals surface area contributed by atoms with Crippen LogP contribution in [0.25, 0.3) is 0 Å². The summed E-state index contributed by atoms with van der Waals surface area (Å²) in [5.41, 5.74) is -1.06. The predicted molar refractivity (Wildman–Crippen MR) is 55.7 cm³/mol. The first-order chi connectivity index (χ1) is 7.46. The molecule has 0 aromatic carbocycles. The maximum atomic E-state index is 11.4. The van der Waals surface area contributed by atoms with Gasteiger partial charge in [0.1, 0.15) is 5.54 Å². The van der Waals surface area contributed by atoms with Crippen molar-refractivity contribution in [2.45, 2.75) is 38.1 Å². The second-order valence-corrected chi connectivity index (χ2v) is 4.02. The molecule has 2 amide bonds. The smallest absolute Gasteiger partial charge is 0.329 e. The molecule has 0 radical (unpaired) electrons. The van der Waals surface area contributed by atoms with Crippen LogP contribution in [0.3, 0.4) is 0 Å². The second-order valence-electron chi connectivity index (χ2n) is 4.02. The van der Waals surface area contributed by atoms with E-state index in [1.54, 1.807) is 0 Å². The monoisotopic (exact) mass is 228 g/mol. The van der Waals surface area contributed by atoms with Gasteiger partial charge >= 0.3 is 5.97 Å². The largest absolute Gasteiger partial charge is 0.480 e. The molecular formula is C10H16N2O4. The van der Waals surface area contributed by atoms with Crippen LogP contribution in [0.2, 0.25) is 0 Å². The van der Waals surface area contributed by atoms with E-state index < -0.39 is 11.5 Å². The molecule has 0 atom stereocenters. The highest BCUT2D eigenvalue weighted by atomic mass is 16.4. The maximum Gasteiger partial charge on any atom is 0.329 e. The third kappa shape index (κ3) is 2.95. The summed E-state index contributed by atoms with van der Waals surface area (Å²) in [6.07, 6.45) is 1.88. The zero-order valence-electron chi connectivity index (χ0n) is 9.21. The molecule has 0 saturated heterocycles. The Balaban J connectivity index is 2.33. The minimum Gasteiger partial charge on any atom is -0.480 e. The molecule has 3 N–H and O–H groups in total. The van der Waals surface area contributed by atoms with Gasteiger partial charge in [-0.1, -0.05) is 0 Å². The minimum atomic E-state index is -1.06. The van der Waals surface area contributed by atoms with Crippen LogP contribution in [-0.4, -0.2) is 35.0 Å². The van der Waals surface area contributed by atoms with Gasteiger partial charge in [-0.25, -0.2) is 4.79 Å². The zero-order chi connectivity index (χ0) is 12.2. The number of hydrogen-bond acceptors (Lipinski definition) is 3. The van der Waals surface area contributed by atoms with Gasteiger partial charge in [0, 0.05) is 19.9 Å². The average Bonchev–Trinajstić information content (AvgIpc) is 2.10. The second kappa shape index (κ2) is 4.96. The van der Waals surface area contributed by atoms with Crippen molar-refractivity contribution in [1.82, 2.24) is 10.6 Å². The number of amides is 2. The molecule has 16 heavy (non-hydrogen) atoms. The number of carbonyl (C=O) groups is 3. The summed E-state index contributed by atoms with van der Waals surface area (Å²) >= 11 is 0. The molecule has 1 rings (SSSR count). The van der Waals surface area contributed by atoms with E-state index in [9.17, 15) is 14.4 Å². The van der Waals surface area contributed by atoms with Crippen LogP contribution in [0.4, 0.5) is 0 Å². The SMILES string of the molecule is CC(=O)NCCC(=O)NC1(C(=O)O)CCC1. The Kier molecular flexibility index (Phi) is 3.87. The van der Waals surface area contributed by atoms with Crippen LogP contribution in [0.5, 0.6) is 0 Å². The summed E-state index contributed by atoms with van der Waals surface area (Å²) < 4.78 is 0. The third-order valence-electron chi connectivity index (χ3n) is 2.72. The van der Waals surface area contributed by atoms with Crippen molar-refractivity contribution in [2.24, 2.45) is 0 Å². The standard InChI is InChI=1S/C10H16N2O4/c1-7(13)11-6-3-8(14)12-10(9(15)16)4-2-5-10/h2-6H2,1H3,(H,11,13)(H,12,14)(H,15,16). The lowest BCUT2D eigenvalue weighted by Gasteiger charge is -2.38. The van der Waals surface area contributed by atoms with Crippen LogP contribution in [0.15, 0.2) is 0 Å². The number of aliphatic carboxylic acids is 1. The van der Waals surface area contributed by atoms with E-state index >= 15 is 0 Å². The molecule has 0 aliphatic heterocycles. The lowest BCUT2D eigenvalue weighted by molar-refractivity contribution is -0.151. The Bertz CT molecular complexity index is 310. The van der Waals surface area contributed by atoms with Crippen molar-refractivity contribution in [3.05, 3.63) is 0 Å². The number of nitrogens with one attached hydrogen (secondary N) is 2. The van der Waals surface area contributed by atoms with Gasteiger partial charge in [0.25, 0.3) is 0 Å². The highest BCUT2D eigenvalue weighted by Gasteiger charge is 2.45. The normalized spacial score (nSPS) is 17.1. The van der Waals surface area contributed by atoms with E-state index in [-0.39, 0.29) is 24.8 Å². The topological polar surface area (TPSA) is 95.5 Å². The van der Waals surface area contributed by atoms with Crippen LogP contribution >= 0.6 is 0 Å². The Morgan fingerprint density at radius 1 is 1.31 bits per heavy atom. The van der Waals surface area contributed by atoms with Crippen molar-refractivity contribution in [3.8, 4) is 0 Å². The molecule has 1 aliphatic rings. The first-order valence-corrected chi connectivity index (χ1v) is 5.25. The predicted octanol–water partition coefficient (Wildman–Crippen LogP) is -0.364. The zero-order valence-corrected chi connectivity index (χ0v) is 9.21. The fourth-order valence-corrected chi connectivity index (χ4v) is 1.60. The molecule has 0 aromatic heterocycles. The van der Waals surface area contributed by atoms with Gasteiger partial charge < -0.3 is 15.7 Å². The Hall–Kier alpha value is -1.59. The van der Waals surface area contributed by atoms with E-state index in [0.717, 1.165) is 6.42 Å². The van der Waals surface area contributed by atoms with E-state index in [4.69, 9.17) is 5.11 Å². The Labute approximate surface area is 93.4 Å². The van der Waals surface area contributed by atoms with Crippen molar-refractivity contribution in [3.63, 3.8) is 0 Å². The van der Waals surface area contributed by atoms with E-state index in [1.807, 2.05) is 0 Å². The number of hydrogen-bond donors (Lipinski definition) is 3. The van der Waals surface area contributed by atoms with Gasteiger partial charge in [-0.15, -0.1) is 0 Å². The number of rotatable bonds is 5. The maximum absolute atomic E-state index is 11.4. The van der Waals surface area contributed by atoms with E-state index in [0.29, 0.717) is 12.8 Å². The van der Waals surface area contributed by atoms with Crippen molar-refractivity contribution < 1.29 is 19.5 Å². The van der Waals surface area contributed by atoms with Gasteiger partial charge in [-0.3, -0.25) is 9.59 Å². The summed E-state index contributed by atoms with van der Waals surface area (Å²) in [4.78, 5) is 32.9. The molecule has 0 bridgehead atoms. The molecule has 90 valence electrons. The number of carboxylic acid groups (broad SMARTS) is 1. The fourth-order valence-electron chi connectivity index (χ4n) is 1.60. The van der Waals surface area contributed by atoms with Gasteiger partial charge in [-0.2, -0.15) is 0 Å². The Morgan fingerprint density at radius 2 is 1.94 bits per heavy atom. The summed E-state index contributed by atoms with van der Waals surface area (Å²) in [7, 11) is 0. The van der Waals surface area contributed by atoms with Gasteiger partial charge in [0.2, 0.25) is 11.8 Å². The quantitative estimate of drug-likeness (QED) is 0.598. The molecule has 1 fully saturated rings. The highest BCUT2D eigenvalue weighted by molar-refractivity contribution is 5.88. The third-order valence-corrected chi connectivity index (χ3v) is 2.72. The number of carbonyl (C=O) groups excluding carboxylic acids is 2. The average molecular weight is 228 g/mol. The molecule has 1 aliphatic carbocycles. The molecule has 0 heterocycles. The summed E-state index contributed by atoms with van der Waals surface area (Å²) in [5.74, 6) is -1.52. The summed E-state index contributed by atoms with van der Waals surface area (Å²) in [6.45, 7) is 1.60. The molecule has 0 spiro atoms. The number of carboxylic acids is 1. The lowest BCUT2D eigenvalue weighted by Crippen LogP contribution is -2.59. The van der Waals surface area contributed by atoms with E-state index in [2.05, 4.69) is 10.6 Å². The van der Waals surface area contributed by atoms with E-state index in [1.165, 1.54) is 6.92 Å². The fraction of sp³-hybridized carbons (Fsp3) is 0.700. The summed E-state index contributed by atoms with van der Waals surface area (Å²) in [5, 5.41) is 14.0. The first-order valence-electron chi connectivity index (χ1n) is 5.25. The molecule has 1 saturated carbocycles. The molecule has 6 heteroatoms. The van der Waals surface area contributed by atoms with Crippen molar-refractivity contribution in [1.29, 1.82) is 0 Å². The molecular weight excluding hydrogens is 212 g/mol. The molecule has 0 aromatic rings. The van der Waals surface area contributed by atoms with Gasteiger partial charge in [0.05, 0.1) is 0 Å².